The highest BCUT2D eigenvalue weighted by atomic mass is 35.5. The van der Waals surface area contributed by atoms with Crippen LogP contribution in [0.4, 0.5) is 16.2 Å². The number of amides is 2. The molecule has 3 heterocycles. The smallest absolute Gasteiger partial charge is 0.326 e. The number of aromatic amines is 1. The Balaban J connectivity index is 1.38. The van der Waals surface area contributed by atoms with Crippen LogP contribution >= 0.6 is 11.6 Å². The number of anilines is 2. The zero-order valence-corrected chi connectivity index (χ0v) is 16.4. The second-order valence-electron chi connectivity index (χ2n) is 6.59. The molecule has 0 bridgehead atoms. The van der Waals surface area contributed by atoms with Crippen molar-refractivity contribution in [3.8, 4) is 17.4 Å². The minimum Gasteiger partial charge on any atom is -0.489 e. The number of nitrogens with zero attached hydrogens (tertiary/aromatic N) is 3. The van der Waals surface area contributed by atoms with Gasteiger partial charge in [-0.05, 0) is 42.5 Å². The second kappa shape index (κ2) is 7.57. The largest absolute Gasteiger partial charge is 0.489 e. The van der Waals surface area contributed by atoms with Crippen LogP contribution < -0.4 is 19.7 Å². The topological polar surface area (TPSA) is 92.4 Å². The molecular weight excluding hydrogens is 406 g/mol. The van der Waals surface area contributed by atoms with Crippen molar-refractivity contribution in [3.05, 3.63) is 66.1 Å². The van der Waals surface area contributed by atoms with E-state index in [-0.39, 0.29) is 6.03 Å². The molecule has 8 nitrogen and oxygen atoms in total. The van der Waals surface area contributed by atoms with Crippen LogP contribution in [-0.4, -0.2) is 34.1 Å². The summed E-state index contributed by atoms with van der Waals surface area (Å²) < 4.78 is 11.7. The van der Waals surface area contributed by atoms with Gasteiger partial charge in [0.15, 0.2) is 0 Å². The predicted octanol–water partition coefficient (Wildman–Crippen LogP) is 4.83. The molecule has 0 unspecified atom stereocenters. The number of H-pyrrole nitrogens is 1. The van der Waals surface area contributed by atoms with Crippen LogP contribution in [0.25, 0.3) is 11.0 Å². The van der Waals surface area contributed by atoms with Gasteiger partial charge in [0.05, 0.1) is 17.6 Å². The quantitative estimate of drug-likeness (QED) is 0.494. The van der Waals surface area contributed by atoms with Crippen LogP contribution in [0.1, 0.15) is 0 Å². The summed E-state index contributed by atoms with van der Waals surface area (Å²) in [4.78, 5) is 25.8. The Labute approximate surface area is 176 Å². The number of nitrogens with one attached hydrogen (secondary N) is 2. The molecule has 1 aliphatic rings. The lowest BCUT2D eigenvalue weighted by molar-refractivity contribution is 0.250. The number of carbonyl (C=O) groups excluding carboxylic acids is 1. The lowest BCUT2D eigenvalue weighted by Gasteiger charge is -2.29. The summed E-state index contributed by atoms with van der Waals surface area (Å²) in [6, 6.07) is 13.9. The molecule has 2 amide bonds. The van der Waals surface area contributed by atoms with Gasteiger partial charge in [-0.1, -0.05) is 11.6 Å². The number of fused-ring (bicyclic) bond motifs is 2. The molecule has 0 saturated carbocycles. The van der Waals surface area contributed by atoms with Crippen molar-refractivity contribution in [2.45, 2.75) is 0 Å². The van der Waals surface area contributed by atoms with Gasteiger partial charge < -0.3 is 19.8 Å². The van der Waals surface area contributed by atoms with E-state index in [0.29, 0.717) is 52.6 Å². The molecule has 0 radical (unpaired) electrons. The first-order valence-electron chi connectivity index (χ1n) is 9.24. The molecule has 150 valence electrons. The van der Waals surface area contributed by atoms with Gasteiger partial charge in [0.25, 0.3) is 0 Å². The zero-order valence-electron chi connectivity index (χ0n) is 15.6. The summed E-state index contributed by atoms with van der Waals surface area (Å²) in [6.45, 7) is 0.808. The standard InChI is InChI=1S/C21H16ClN5O3/c22-13-1-3-14(4-2-13)26-21(28)27-9-10-29-18-11-15(5-6-17(18)27)30-20-16-7-8-23-19(16)24-12-25-20/h1-8,11-12H,9-10H2,(H,26,28)(H,23,24,25). The first-order chi connectivity index (χ1) is 14.7. The first kappa shape index (κ1) is 18.3. The van der Waals surface area contributed by atoms with E-state index in [2.05, 4.69) is 20.3 Å². The fraction of sp³-hybridized carbons (Fsp3) is 0.0952. The van der Waals surface area contributed by atoms with E-state index in [1.54, 1.807) is 53.6 Å². The van der Waals surface area contributed by atoms with Crippen molar-refractivity contribution in [2.75, 3.05) is 23.4 Å². The SMILES string of the molecule is O=C(Nc1ccc(Cl)cc1)N1CCOc2cc(Oc3ncnc4[nH]ccc34)ccc21. The molecule has 0 saturated heterocycles. The van der Waals surface area contributed by atoms with E-state index in [0.717, 1.165) is 5.39 Å². The van der Waals surface area contributed by atoms with E-state index in [1.807, 2.05) is 6.07 Å². The highest BCUT2D eigenvalue weighted by Gasteiger charge is 2.24. The second-order valence-corrected chi connectivity index (χ2v) is 7.02. The Kier molecular flexibility index (Phi) is 4.61. The van der Waals surface area contributed by atoms with Gasteiger partial charge in [-0.2, -0.15) is 0 Å². The van der Waals surface area contributed by atoms with Gasteiger partial charge in [0, 0.05) is 23.0 Å². The van der Waals surface area contributed by atoms with Crippen molar-refractivity contribution in [1.29, 1.82) is 0 Å². The normalized spacial score (nSPS) is 12.9. The Morgan fingerprint density at radius 3 is 2.90 bits per heavy atom. The molecule has 0 atom stereocenters. The molecule has 9 heteroatoms. The molecule has 4 aromatic rings. The summed E-state index contributed by atoms with van der Waals surface area (Å²) in [7, 11) is 0. The van der Waals surface area contributed by atoms with Crippen molar-refractivity contribution >= 4 is 40.0 Å². The summed E-state index contributed by atoms with van der Waals surface area (Å²) in [5, 5.41) is 4.26. The summed E-state index contributed by atoms with van der Waals surface area (Å²) >= 11 is 5.90. The molecule has 2 N–H and O–H groups in total. The maximum Gasteiger partial charge on any atom is 0.326 e. The van der Waals surface area contributed by atoms with Crippen LogP contribution in [0.2, 0.25) is 5.02 Å². The number of urea groups is 1. The van der Waals surface area contributed by atoms with Crippen LogP contribution in [0.5, 0.6) is 17.4 Å². The molecule has 2 aromatic heterocycles. The number of aromatic nitrogens is 3. The van der Waals surface area contributed by atoms with E-state index in [1.165, 1.54) is 6.33 Å². The molecule has 0 fully saturated rings. The van der Waals surface area contributed by atoms with Crippen LogP contribution in [0, 0.1) is 0 Å². The fourth-order valence-electron chi connectivity index (χ4n) is 3.24. The number of halogens is 1. The average molecular weight is 422 g/mol. The van der Waals surface area contributed by atoms with E-state index in [9.17, 15) is 4.79 Å². The molecule has 1 aliphatic heterocycles. The minimum absolute atomic E-state index is 0.250. The van der Waals surface area contributed by atoms with Crippen molar-refractivity contribution < 1.29 is 14.3 Å². The summed E-state index contributed by atoms with van der Waals surface area (Å²) in [5.74, 6) is 1.55. The van der Waals surface area contributed by atoms with E-state index >= 15 is 0 Å². The minimum atomic E-state index is -0.250. The first-order valence-corrected chi connectivity index (χ1v) is 9.62. The Bertz CT molecular complexity index is 1230. The zero-order chi connectivity index (χ0) is 20.5. The highest BCUT2D eigenvalue weighted by molar-refractivity contribution is 6.30. The van der Waals surface area contributed by atoms with Gasteiger partial charge >= 0.3 is 6.03 Å². The van der Waals surface area contributed by atoms with Crippen molar-refractivity contribution in [2.24, 2.45) is 0 Å². The maximum absolute atomic E-state index is 12.8. The Morgan fingerprint density at radius 1 is 1.17 bits per heavy atom. The van der Waals surface area contributed by atoms with Gasteiger partial charge in [-0.25, -0.2) is 14.8 Å². The lowest BCUT2D eigenvalue weighted by Crippen LogP contribution is -2.40. The summed E-state index contributed by atoms with van der Waals surface area (Å²) in [6.07, 6.45) is 3.21. The third kappa shape index (κ3) is 3.48. The van der Waals surface area contributed by atoms with Crippen molar-refractivity contribution in [3.63, 3.8) is 0 Å². The average Bonchev–Trinajstić information content (AvgIpc) is 3.25. The molecule has 0 spiro atoms. The van der Waals surface area contributed by atoms with Crippen LogP contribution in [0.15, 0.2) is 61.1 Å². The van der Waals surface area contributed by atoms with Gasteiger partial charge in [-0.15, -0.1) is 0 Å². The van der Waals surface area contributed by atoms with Gasteiger partial charge in [0.1, 0.15) is 30.1 Å². The molecule has 5 rings (SSSR count). The Hall–Kier alpha value is -3.78. The molecule has 2 aromatic carbocycles. The number of rotatable bonds is 3. The van der Waals surface area contributed by atoms with Crippen molar-refractivity contribution in [1.82, 2.24) is 15.0 Å². The number of benzene rings is 2. The number of hydrogen-bond donors (Lipinski definition) is 2. The Morgan fingerprint density at radius 2 is 2.03 bits per heavy atom. The highest BCUT2D eigenvalue weighted by Crippen LogP contribution is 2.37. The van der Waals surface area contributed by atoms with E-state index in [4.69, 9.17) is 21.1 Å². The molecule has 30 heavy (non-hydrogen) atoms. The fourth-order valence-corrected chi connectivity index (χ4v) is 3.37. The van der Waals surface area contributed by atoms with Gasteiger partial charge in [0.2, 0.25) is 5.88 Å². The third-order valence-electron chi connectivity index (χ3n) is 4.67. The maximum atomic E-state index is 12.8. The lowest BCUT2D eigenvalue weighted by atomic mass is 10.2. The van der Waals surface area contributed by atoms with E-state index < -0.39 is 0 Å². The number of hydrogen-bond acceptors (Lipinski definition) is 5. The predicted molar refractivity (Wildman–Crippen MR) is 114 cm³/mol. The molecule has 0 aliphatic carbocycles. The molecular formula is C21H16ClN5O3. The number of carbonyl (C=O) groups is 1. The number of ether oxygens (including phenoxy) is 2. The third-order valence-corrected chi connectivity index (χ3v) is 4.92. The van der Waals surface area contributed by atoms with Gasteiger partial charge in [-0.3, -0.25) is 4.90 Å². The van der Waals surface area contributed by atoms with Crippen LogP contribution in [0.3, 0.4) is 0 Å². The van der Waals surface area contributed by atoms with Crippen LogP contribution in [-0.2, 0) is 0 Å². The monoisotopic (exact) mass is 421 g/mol. The summed E-state index contributed by atoms with van der Waals surface area (Å²) in [5.41, 5.74) is 2.02.